The average Bonchev–Trinajstić information content (AvgIpc) is 2.88. The van der Waals surface area contributed by atoms with Crippen LogP contribution >= 0.6 is 0 Å². The van der Waals surface area contributed by atoms with Crippen LogP contribution in [0.4, 0.5) is 0 Å². The number of ether oxygens (including phenoxy) is 1. The van der Waals surface area contributed by atoms with Crippen LogP contribution < -0.4 is 0 Å². The molecule has 0 bridgehead atoms. The van der Waals surface area contributed by atoms with Crippen molar-refractivity contribution in [1.82, 2.24) is 4.57 Å². The summed E-state index contributed by atoms with van der Waals surface area (Å²) >= 11 is 0. The van der Waals surface area contributed by atoms with Crippen molar-refractivity contribution in [3.8, 4) is 6.07 Å². The van der Waals surface area contributed by atoms with Crippen LogP contribution in [0, 0.1) is 25.2 Å². The van der Waals surface area contributed by atoms with Gasteiger partial charge in [0.15, 0.2) is 6.61 Å². The number of ketones is 1. The molecule has 0 aliphatic rings. The van der Waals surface area contributed by atoms with Crippen LogP contribution in [-0.4, -0.2) is 22.9 Å². The Hall–Kier alpha value is -2.87. The van der Waals surface area contributed by atoms with Crippen molar-refractivity contribution in [3.05, 3.63) is 58.4 Å². The predicted molar refractivity (Wildman–Crippen MR) is 90.0 cm³/mol. The zero-order chi connectivity index (χ0) is 17.7. The van der Waals surface area contributed by atoms with Crippen molar-refractivity contribution in [2.24, 2.45) is 0 Å². The molecule has 0 aliphatic carbocycles. The number of benzene rings is 1. The molecule has 5 nitrogen and oxygen atoms in total. The molecule has 0 N–H and O–H groups in total. The maximum atomic E-state index is 12.4. The molecule has 0 unspecified atom stereocenters. The first-order chi connectivity index (χ1) is 11.5. The highest BCUT2D eigenvalue weighted by molar-refractivity contribution is 6.00. The summed E-state index contributed by atoms with van der Waals surface area (Å²) in [5.74, 6) is -0.835. The molecule has 1 aromatic heterocycles. The molecule has 0 radical (unpaired) electrons. The molecule has 0 atom stereocenters. The lowest BCUT2D eigenvalue weighted by Crippen LogP contribution is -2.15. The fourth-order valence-corrected chi connectivity index (χ4v) is 2.66. The quantitative estimate of drug-likeness (QED) is 0.603. The summed E-state index contributed by atoms with van der Waals surface area (Å²) in [6, 6.07) is 10.0. The van der Waals surface area contributed by atoms with E-state index in [-0.39, 0.29) is 18.0 Å². The lowest BCUT2D eigenvalue weighted by atomic mass is 10.1. The monoisotopic (exact) mass is 324 g/mol. The van der Waals surface area contributed by atoms with E-state index in [2.05, 4.69) is 11.5 Å². The Balaban J connectivity index is 2.07. The maximum absolute atomic E-state index is 12.4. The molecule has 0 saturated carbocycles. The van der Waals surface area contributed by atoms with E-state index in [1.165, 1.54) is 6.07 Å². The zero-order valence-electron chi connectivity index (χ0n) is 14.1. The molecule has 0 aliphatic heterocycles. The second-order valence-corrected chi connectivity index (χ2v) is 5.63. The standard InChI is InChI=1S/C19H20N2O3/c1-4-8-21-13(2)9-17(14(21)3)18(22)12-24-19(23)16-7-5-6-15(10-16)11-20/h5-7,9-10H,4,8,12H2,1-3H3. The minimum atomic E-state index is -0.609. The number of Topliss-reactive ketones (excluding diaryl/α,β-unsaturated/α-hetero) is 1. The number of aryl methyl sites for hydroxylation is 1. The summed E-state index contributed by atoms with van der Waals surface area (Å²) in [7, 11) is 0. The van der Waals surface area contributed by atoms with E-state index in [9.17, 15) is 9.59 Å². The van der Waals surface area contributed by atoms with Crippen LogP contribution in [0.15, 0.2) is 30.3 Å². The van der Waals surface area contributed by atoms with E-state index in [0.29, 0.717) is 11.1 Å². The topological polar surface area (TPSA) is 72.1 Å². The molecule has 0 saturated heterocycles. The minimum Gasteiger partial charge on any atom is -0.454 e. The Kier molecular flexibility index (Phi) is 5.54. The fraction of sp³-hybridized carbons (Fsp3) is 0.316. The summed E-state index contributed by atoms with van der Waals surface area (Å²) in [4.78, 5) is 24.4. The third kappa shape index (κ3) is 3.72. The highest BCUT2D eigenvalue weighted by atomic mass is 16.5. The van der Waals surface area contributed by atoms with E-state index < -0.39 is 5.97 Å². The highest BCUT2D eigenvalue weighted by Gasteiger charge is 2.17. The van der Waals surface area contributed by atoms with E-state index >= 15 is 0 Å². The zero-order valence-corrected chi connectivity index (χ0v) is 14.1. The van der Waals surface area contributed by atoms with Gasteiger partial charge >= 0.3 is 5.97 Å². The Morgan fingerprint density at radius 3 is 2.67 bits per heavy atom. The van der Waals surface area contributed by atoms with E-state index in [1.54, 1.807) is 18.2 Å². The molecule has 2 aromatic rings. The van der Waals surface area contributed by atoms with Gasteiger partial charge in [0.05, 0.1) is 17.2 Å². The number of carbonyl (C=O) groups is 2. The summed E-state index contributed by atoms with van der Waals surface area (Å²) in [5, 5.41) is 8.85. The fourth-order valence-electron chi connectivity index (χ4n) is 2.66. The van der Waals surface area contributed by atoms with Crippen LogP contribution in [0.5, 0.6) is 0 Å². The number of rotatable bonds is 6. The lowest BCUT2D eigenvalue weighted by Gasteiger charge is -2.08. The smallest absolute Gasteiger partial charge is 0.338 e. The Morgan fingerprint density at radius 1 is 1.25 bits per heavy atom. The van der Waals surface area contributed by atoms with Crippen LogP contribution in [0.1, 0.15) is 51.0 Å². The normalized spacial score (nSPS) is 10.2. The van der Waals surface area contributed by atoms with Gasteiger partial charge in [-0.2, -0.15) is 5.26 Å². The van der Waals surface area contributed by atoms with Gasteiger partial charge < -0.3 is 9.30 Å². The second-order valence-electron chi connectivity index (χ2n) is 5.63. The first kappa shape index (κ1) is 17.5. The van der Waals surface area contributed by atoms with E-state index in [0.717, 1.165) is 24.4 Å². The number of hydrogen-bond donors (Lipinski definition) is 0. The average molecular weight is 324 g/mol. The number of nitriles is 1. The van der Waals surface area contributed by atoms with Gasteiger partial charge in [0.1, 0.15) is 0 Å². The molecule has 2 rings (SSSR count). The first-order valence-electron chi connectivity index (χ1n) is 7.85. The number of carbonyl (C=O) groups excluding carboxylic acids is 2. The molecule has 24 heavy (non-hydrogen) atoms. The second kappa shape index (κ2) is 7.60. The molecule has 1 heterocycles. The number of esters is 1. The highest BCUT2D eigenvalue weighted by Crippen LogP contribution is 2.17. The number of nitrogens with zero attached hydrogens (tertiary/aromatic N) is 2. The molecule has 0 amide bonds. The molecular weight excluding hydrogens is 304 g/mol. The summed E-state index contributed by atoms with van der Waals surface area (Å²) < 4.78 is 7.19. The number of aromatic nitrogens is 1. The van der Waals surface area contributed by atoms with Gasteiger partial charge in [-0.15, -0.1) is 0 Å². The van der Waals surface area contributed by atoms with Gasteiger partial charge in [0.2, 0.25) is 5.78 Å². The Morgan fingerprint density at radius 2 is 2.00 bits per heavy atom. The van der Waals surface area contributed by atoms with Gasteiger partial charge in [-0.25, -0.2) is 4.79 Å². The van der Waals surface area contributed by atoms with Crippen LogP contribution in [-0.2, 0) is 11.3 Å². The predicted octanol–water partition coefficient (Wildman–Crippen LogP) is 3.43. The van der Waals surface area contributed by atoms with Gasteiger partial charge in [-0.05, 0) is 44.5 Å². The summed E-state index contributed by atoms with van der Waals surface area (Å²) in [5.41, 5.74) is 3.13. The third-order valence-electron chi connectivity index (χ3n) is 3.88. The third-order valence-corrected chi connectivity index (χ3v) is 3.88. The molecule has 124 valence electrons. The molecule has 1 aromatic carbocycles. The lowest BCUT2D eigenvalue weighted by molar-refractivity contribution is 0.0474. The van der Waals surface area contributed by atoms with Gasteiger partial charge in [0.25, 0.3) is 0 Å². The number of hydrogen-bond acceptors (Lipinski definition) is 4. The van der Waals surface area contributed by atoms with E-state index in [1.807, 2.05) is 26.0 Å². The maximum Gasteiger partial charge on any atom is 0.338 e. The summed E-state index contributed by atoms with van der Waals surface area (Å²) in [6.45, 7) is 6.47. The van der Waals surface area contributed by atoms with Crippen LogP contribution in [0.2, 0.25) is 0 Å². The van der Waals surface area contributed by atoms with Crippen molar-refractivity contribution in [3.63, 3.8) is 0 Å². The Labute approximate surface area is 141 Å². The van der Waals surface area contributed by atoms with Gasteiger partial charge in [-0.1, -0.05) is 13.0 Å². The van der Waals surface area contributed by atoms with Crippen molar-refractivity contribution < 1.29 is 14.3 Å². The summed E-state index contributed by atoms with van der Waals surface area (Å²) in [6.07, 6.45) is 0.980. The molecule has 5 heteroatoms. The van der Waals surface area contributed by atoms with Crippen molar-refractivity contribution in [2.45, 2.75) is 33.7 Å². The van der Waals surface area contributed by atoms with Crippen molar-refractivity contribution in [1.29, 1.82) is 5.26 Å². The van der Waals surface area contributed by atoms with Crippen LogP contribution in [0.25, 0.3) is 0 Å². The van der Waals surface area contributed by atoms with Crippen molar-refractivity contribution >= 4 is 11.8 Å². The molecule has 0 spiro atoms. The van der Waals surface area contributed by atoms with E-state index in [4.69, 9.17) is 10.00 Å². The first-order valence-corrected chi connectivity index (χ1v) is 7.85. The largest absolute Gasteiger partial charge is 0.454 e. The Bertz CT molecular complexity index is 813. The minimum absolute atomic E-state index is 0.227. The molecule has 0 fully saturated rings. The van der Waals surface area contributed by atoms with Gasteiger partial charge in [-0.3, -0.25) is 4.79 Å². The van der Waals surface area contributed by atoms with Crippen LogP contribution in [0.3, 0.4) is 0 Å². The van der Waals surface area contributed by atoms with Crippen molar-refractivity contribution in [2.75, 3.05) is 6.61 Å². The SMILES string of the molecule is CCCn1c(C)cc(C(=O)COC(=O)c2cccc(C#N)c2)c1C. The van der Waals surface area contributed by atoms with Gasteiger partial charge in [0, 0.05) is 23.5 Å². The molecular formula is C19H20N2O3.